The van der Waals surface area contributed by atoms with Crippen molar-refractivity contribution >= 4 is 27.7 Å². The van der Waals surface area contributed by atoms with Crippen LogP contribution in [0.5, 0.6) is 5.75 Å². The second kappa shape index (κ2) is 9.82. The Labute approximate surface area is 173 Å². The lowest BCUT2D eigenvalue weighted by molar-refractivity contribution is -0.0413. The maximum atomic E-state index is 13.0. The van der Waals surface area contributed by atoms with Gasteiger partial charge in [-0.15, -0.1) is 0 Å². The number of carbonyl (C=O) groups is 2. The lowest BCUT2D eigenvalue weighted by Gasteiger charge is -2.36. The van der Waals surface area contributed by atoms with Gasteiger partial charge in [-0.2, -0.15) is 0 Å². The molecule has 3 atom stereocenters. The standard InChI is InChI=1S/C20H27BrN2O5/c21-11-4-2-1-3-5-12-28-15-8-6-7-13-17(15)20(27)23(19(13)26)14-9-10-16(24)22-18(14)25/h6-8,14,16,18,22,24-25H,1-5,9-12H2. The van der Waals surface area contributed by atoms with Crippen LogP contribution in [0.2, 0.25) is 0 Å². The molecule has 3 N–H and O–H groups in total. The molecule has 0 spiro atoms. The number of imide groups is 1. The predicted molar refractivity (Wildman–Crippen MR) is 107 cm³/mol. The van der Waals surface area contributed by atoms with Gasteiger partial charge in [0.15, 0.2) is 0 Å². The minimum Gasteiger partial charge on any atom is -0.493 e. The molecule has 0 saturated carbocycles. The maximum absolute atomic E-state index is 13.0. The highest BCUT2D eigenvalue weighted by Gasteiger charge is 2.45. The van der Waals surface area contributed by atoms with Gasteiger partial charge in [0, 0.05) is 5.33 Å². The number of nitrogens with zero attached hydrogens (tertiary/aromatic N) is 1. The number of halogens is 1. The van der Waals surface area contributed by atoms with E-state index >= 15 is 0 Å². The van der Waals surface area contributed by atoms with Crippen molar-refractivity contribution in [3.63, 3.8) is 0 Å². The van der Waals surface area contributed by atoms with E-state index in [2.05, 4.69) is 21.2 Å². The van der Waals surface area contributed by atoms with Crippen molar-refractivity contribution in [2.75, 3.05) is 11.9 Å². The minimum atomic E-state index is -1.16. The van der Waals surface area contributed by atoms with Crippen LogP contribution in [0.1, 0.15) is 65.7 Å². The van der Waals surface area contributed by atoms with E-state index in [1.165, 1.54) is 12.8 Å². The van der Waals surface area contributed by atoms with Crippen molar-refractivity contribution in [3.8, 4) is 5.75 Å². The first-order chi connectivity index (χ1) is 13.5. The zero-order valence-corrected chi connectivity index (χ0v) is 17.4. The molecular formula is C20H27BrN2O5. The summed E-state index contributed by atoms with van der Waals surface area (Å²) < 4.78 is 5.83. The van der Waals surface area contributed by atoms with Gasteiger partial charge < -0.3 is 14.9 Å². The molecule has 1 aromatic carbocycles. The second-order valence-electron chi connectivity index (χ2n) is 7.24. The van der Waals surface area contributed by atoms with Crippen molar-refractivity contribution < 1.29 is 24.5 Å². The predicted octanol–water partition coefficient (Wildman–Crippen LogP) is 2.40. The third-order valence-corrected chi connectivity index (χ3v) is 5.80. The van der Waals surface area contributed by atoms with Gasteiger partial charge in [-0.05, 0) is 37.8 Å². The number of unbranched alkanes of at least 4 members (excludes halogenated alkanes) is 4. The topological polar surface area (TPSA) is 99.1 Å². The molecule has 2 amide bonds. The molecule has 1 aromatic rings. The molecule has 2 aliphatic heterocycles. The van der Waals surface area contributed by atoms with Crippen LogP contribution in [0.3, 0.4) is 0 Å². The van der Waals surface area contributed by atoms with Crippen LogP contribution in [0.25, 0.3) is 0 Å². The average Bonchev–Trinajstić information content (AvgIpc) is 2.93. The van der Waals surface area contributed by atoms with Crippen LogP contribution in [-0.2, 0) is 0 Å². The minimum absolute atomic E-state index is 0.269. The summed E-state index contributed by atoms with van der Waals surface area (Å²) >= 11 is 3.42. The first-order valence-corrected chi connectivity index (χ1v) is 11.0. The van der Waals surface area contributed by atoms with E-state index in [9.17, 15) is 19.8 Å². The van der Waals surface area contributed by atoms with Gasteiger partial charge in [0.25, 0.3) is 11.8 Å². The van der Waals surface area contributed by atoms with Gasteiger partial charge >= 0.3 is 0 Å². The molecule has 0 radical (unpaired) electrons. The van der Waals surface area contributed by atoms with Crippen molar-refractivity contribution in [3.05, 3.63) is 29.3 Å². The molecule has 0 aliphatic carbocycles. The highest BCUT2D eigenvalue weighted by molar-refractivity contribution is 9.09. The maximum Gasteiger partial charge on any atom is 0.265 e. The van der Waals surface area contributed by atoms with Crippen molar-refractivity contribution in [1.29, 1.82) is 0 Å². The number of alkyl halides is 1. The first-order valence-electron chi connectivity index (χ1n) is 9.86. The van der Waals surface area contributed by atoms with Gasteiger partial charge in [-0.25, -0.2) is 0 Å². The monoisotopic (exact) mass is 454 g/mol. The molecule has 28 heavy (non-hydrogen) atoms. The lowest BCUT2D eigenvalue weighted by atomic mass is 10.0. The van der Waals surface area contributed by atoms with Crippen LogP contribution < -0.4 is 10.1 Å². The number of amides is 2. The summed E-state index contributed by atoms with van der Waals surface area (Å²) in [6, 6.07) is 4.31. The van der Waals surface area contributed by atoms with Crippen LogP contribution in [0, 0.1) is 0 Å². The molecule has 3 rings (SSSR count). The fourth-order valence-corrected chi connectivity index (χ4v) is 4.15. The van der Waals surface area contributed by atoms with Crippen LogP contribution in [0.4, 0.5) is 0 Å². The number of hydrogen-bond acceptors (Lipinski definition) is 6. The first kappa shape index (κ1) is 21.2. The SMILES string of the molecule is O=C1c2cccc(OCCCCCCCBr)c2C(=O)N1C1CCC(O)NC1O. The number of benzene rings is 1. The molecule has 0 bridgehead atoms. The quantitative estimate of drug-likeness (QED) is 0.301. The zero-order chi connectivity index (χ0) is 20.1. The number of rotatable bonds is 9. The largest absolute Gasteiger partial charge is 0.493 e. The number of carbonyl (C=O) groups excluding carboxylic acids is 2. The summed E-state index contributed by atoms with van der Waals surface area (Å²) in [5.41, 5.74) is 0.572. The Bertz CT molecular complexity index is 714. The highest BCUT2D eigenvalue weighted by Crippen LogP contribution is 2.34. The van der Waals surface area contributed by atoms with Crippen LogP contribution in [-0.4, -0.2) is 57.4 Å². The Kier molecular flexibility index (Phi) is 7.45. The summed E-state index contributed by atoms with van der Waals surface area (Å²) in [6.45, 7) is 0.492. The molecule has 3 unspecified atom stereocenters. The van der Waals surface area contributed by atoms with Crippen molar-refractivity contribution in [2.45, 2.75) is 63.4 Å². The van der Waals surface area contributed by atoms with Gasteiger partial charge in [0.05, 0.1) is 23.8 Å². The van der Waals surface area contributed by atoms with E-state index in [1.807, 2.05) is 0 Å². The second-order valence-corrected chi connectivity index (χ2v) is 8.03. The Hall–Kier alpha value is -1.48. The fourth-order valence-electron chi connectivity index (χ4n) is 3.75. The Balaban J connectivity index is 1.65. The molecule has 7 nitrogen and oxygen atoms in total. The summed E-state index contributed by atoms with van der Waals surface area (Å²) in [5.74, 6) is -0.463. The van der Waals surface area contributed by atoms with E-state index in [0.29, 0.717) is 30.8 Å². The lowest BCUT2D eigenvalue weighted by Crippen LogP contribution is -2.58. The number of hydrogen-bond donors (Lipinski definition) is 3. The number of piperidine rings is 1. The Morgan fingerprint density at radius 3 is 2.57 bits per heavy atom. The molecule has 2 aliphatic rings. The summed E-state index contributed by atoms with van der Waals surface area (Å²) in [5, 5.41) is 23.4. The average molecular weight is 455 g/mol. The number of aliphatic hydroxyl groups is 2. The van der Waals surface area contributed by atoms with E-state index in [4.69, 9.17) is 4.74 Å². The summed E-state index contributed by atoms with van der Waals surface area (Å²) in [4.78, 5) is 26.9. The van der Waals surface area contributed by atoms with Crippen LogP contribution in [0.15, 0.2) is 18.2 Å². The Morgan fingerprint density at radius 2 is 1.82 bits per heavy atom. The molecular weight excluding hydrogens is 428 g/mol. The summed E-state index contributed by atoms with van der Waals surface area (Å²) in [7, 11) is 0. The highest BCUT2D eigenvalue weighted by atomic mass is 79.9. The normalized spacial score (nSPS) is 24.5. The number of nitrogens with one attached hydrogen (secondary N) is 1. The molecule has 2 heterocycles. The van der Waals surface area contributed by atoms with Gasteiger partial charge in [0.2, 0.25) is 0 Å². The van der Waals surface area contributed by atoms with Gasteiger partial charge in [0.1, 0.15) is 18.2 Å². The molecule has 8 heteroatoms. The van der Waals surface area contributed by atoms with Gasteiger partial charge in [-0.1, -0.05) is 41.3 Å². The zero-order valence-electron chi connectivity index (χ0n) is 15.8. The number of aliphatic hydroxyl groups excluding tert-OH is 2. The molecule has 1 saturated heterocycles. The fraction of sp³-hybridized carbons (Fsp3) is 0.600. The van der Waals surface area contributed by atoms with E-state index in [-0.39, 0.29) is 5.56 Å². The molecule has 0 aromatic heterocycles. The van der Waals surface area contributed by atoms with Gasteiger partial charge in [-0.3, -0.25) is 19.8 Å². The van der Waals surface area contributed by atoms with Crippen molar-refractivity contribution in [1.82, 2.24) is 10.2 Å². The van der Waals surface area contributed by atoms with E-state index < -0.39 is 30.3 Å². The smallest absolute Gasteiger partial charge is 0.265 e. The molecule has 1 fully saturated rings. The van der Waals surface area contributed by atoms with E-state index in [0.717, 1.165) is 29.5 Å². The van der Waals surface area contributed by atoms with Crippen LogP contribution >= 0.6 is 15.9 Å². The van der Waals surface area contributed by atoms with E-state index in [1.54, 1.807) is 18.2 Å². The summed E-state index contributed by atoms with van der Waals surface area (Å²) in [6.07, 6.45) is 4.14. The third-order valence-electron chi connectivity index (χ3n) is 5.24. The third kappa shape index (κ3) is 4.56. The Morgan fingerprint density at radius 1 is 1.07 bits per heavy atom. The molecule has 154 valence electrons. The number of fused-ring (bicyclic) bond motifs is 1. The van der Waals surface area contributed by atoms with Crippen molar-refractivity contribution in [2.24, 2.45) is 0 Å². The number of ether oxygens (including phenoxy) is 1.